The van der Waals surface area contributed by atoms with E-state index in [-0.39, 0.29) is 11.6 Å². The SMILES string of the molecule is CO[Si](CCCSCCC(=O)OC1(C(C)C)CCCC1)(OC)OC. The fourth-order valence-corrected chi connectivity index (χ4v) is 6.09. The van der Waals surface area contributed by atoms with Crippen molar-refractivity contribution in [3.05, 3.63) is 0 Å². The van der Waals surface area contributed by atoms with Gasteiger partial charge in [-0.1, -0.05) is 13.8 Å². The molecule has 0 radical (unpaired) electrons. The van der Waals surface area contributed by atoms with Gasteiger partial charge in [0.25, 0.3) is 0 Å². The number of esters is 1. The lowest BCUT2D eigenvalue weighted by Crippen LogP contribution is -2.42. The minimum Gasteiger partial charge on any atom is -0.459 e. The Morgan fingerprint density at radius 2 is 1.67 bits per heavy atom. The van der Waals surface area contributed by atoms with Gasteiger partial charge in [-0.05, 0) is 43.8 Å². The Kier molecular flexibility index (Phi) is 9.89. The third-order valence-electron chi connectivity index (χ3n) is 4.97. The molecule has 0 N–H and O–H groups in total. The highest BCUT2D eigenvalue weighted by Gasteiger charge is 2.40. The highest BCUT2D eigenvalue weighted by Crippen LogP contribution is 2.39. The Balaban J connectivity index is 2.20. The molecule has 1 aliphatic rings. The summed E-state index contributed by atoms with van der Waals surface area (Å²) in [6.45, 7) is 4.32. The fraction of sp³-hybridized carbons (Fsp3) is 0.941. The van der Waals surface area contributed by atoms with Crippen molar-refractivity contribution in [1.82, 2.24) is 0 Å². The second-order valence-corrected chi connectivity index (χ2v) is 11.0. The highest BCUT2D eigenvalue weighted by molar-refractivity contribution is 7.99. The quantitative estimate of drug-likeness (QED) is 0.292. The minimum absolute atomic E-state index is 0.0486. The number of hydrogen-bond acceptors (Lipinski definition) is 6. The lowest BCUT2D eigenvalue weighted by molar-refractivity contribution is -0.163. The van der Waals surface area contributed by atoms with Crippen molar-refractivity contribution < 1.29 is 22.8 Å². The van der Waals surface area contributed by atoms with Crippen LogP contribution >= 0.6 is 11.8 Å². The summed E-state index contributed by atoms with van der Waals surface area (Å²) in [5.74, 6) is 2.11. The number of thioether (sulfide) groups is 1. The largest absolute Gasteiger partial charge is 0.500 e. The Morgan fingerprint density at radius 1 is 1.08 bits per heavy atom. The standard InChI is InChI=1S/C17H34O5SSi/c1-15(2)17(10-6-7-11-17)22-16(18)9-13-23-12-8-14-24(19-3,20-4)21-5/h15H,6-14H2,1-5H3. The molecule has 0 unspecified atom stereocenters. The summed E-state index contributed by atoms with van der Waals surface area (Å²) in [5.41, 5.74) is -0.206. The second kappa shape index (κ2) is 10.8. The topological polar surface area (TPSA) is 54.0 Å². The molecular formula is C17H34O5SSi. The molecule has 0 aromatic rings. The van der Waals surface area contributed by atoms with Crippen molar-refractivity contribution in [3.63, 3.8) is 0 Å². The van der Waals surface area contributed by atoms with Crippen LogP contribution in [0.4, 0.5) is 0 Å². The van der Waals surface area contributed by atoms with Crippen molar-refractivity contribution in [1.29, 1.82) is 0 Å². The van der Waals surface area contributed by atoms with E-state index in [4.69, 9.17) is 18.0 Å². The number of carbonyl (C=O) groups excluding carboxylic acids is 1. The summed E-state index contributed by atoms with van der Waals surface area (Å²) in [6.07, 6.45) is 5.81. The maximum absolute atomic E-state index is 12.2. The van der Waals surface area contributed by atoms with Gasteiger partial charge in [0.2, 0.25) is 0 Å². The van der Waals surface area contributed by atoms with Crippen LogP contribution in [-0.4, -0.2) is 53.2 Å². The number of rotatable bonds is 12. The predicted molar refractivity (Wildman–Crippen MR) is 100 cm³/mol. The Bertz CT molecular complexity index is 360. The van der Waals surface area contributed by atoms with Crippen LogP contribution in [0.2, 0.25) is 6.04 Å². The zero-order valence-corrected chi connectivity index (χ0v) is 17.7. The summed E-state index contributed by atoms with van der Waals surface area (Å²) in [5, 5.41) is 0. The number of ether oxygens (including phenoxy) is 1. The molecule has 0 atom stereocenters. The lowest BCUT2D eigenvalue weighted by Gasteiger charge is -2.33. The van der Waals surface area contributed by atoms with Gasteiger partial charge in [0, 0.05) is 33.1 Å². The van der Waals surface area contributed by atoms with Crippen LogP contribution < -0.4 is 0 Å². The fourth-order valence-electron chi connectivity index (χ4n) is 3.25. The first-order valence-corrected chi connectivity index (χ1v) is 12.0. The summed E-state index contributed by atoms with van der Waals surface area (Å²) in [7, 11) is 2.45. The maximum atomic E-state index is 12.2. The molecule has 1 saturated carbocycles. The summed E-state index contributed by atoms with van der Waals surface area (Å²) < 4.78 is 22.1. The van der Waals surface area contributed by atoms with E-state index in [0.29, 0.717) is 12.3 Å². The molecule has 1 rings (SSSR count). The van der Waals surface area contributed by atoms with E-state index in [1.165, 1.54) is 12.8 Å². The molecular weight excluding hydrogens is 344 g/mol. The molecule has 0 bridgehead atoms. The first-order valence-electron chi connectivity index (χ1n) is 8.88. The highest BCUT2D eigenvalue weighted by atomic mass is 32.2. The van der Waals surface area contributed by atoms with Crippen molar-refractivity contribution in [3.8, 4) is 0 Å². The van der Waals surface area contributed by atoms with Gasteiger partial charge in [-0.3, -0.25) is 4.79 Å². The second-order valence-electron chi connectivity index (χ2n) is 6.66. The van der Waals surface area contributed by atoms with E-state index in [1.54, 1.807) is 33.1 Å². The third kappa shape index (κ3) is 6.33. The van der Waals surface area contributed by atoms with Crippen LogP contribution in [0.1, 0.15) is 52.4 Å². The van der Waals surface area contributed by atoms with Gasteiger partial charge in [0.15, 0.2) is 0 Å². The molecule has 0 aliphatic heterocycles. The summed E-state index contributed by atoms with van der Waals surface area (Å²) >= 11 is 1.77. The lowest BCUT2D eigenvalue weighted by atomic mass is 9.88. The minimum atomic E-state index is -2.45. The molecule has 0 aromatic carbocycles. The van der Waals surface area contributed by atoms with E-state index in [0.717, 1.165) is 36.8 Å². The molecule has 5 nitrogen and oxygen atoms in total. The number of hydrogen-bond donors (Lipinski definition) is 0. The van der Waals surface area contributed by atoms with Gasteiger partial charge < -0.3 is 18.0 Å². The molecule has 0 aromatic heterocycles. The number of carbonyl (C=O) groups is 1. The van der Waals surface area contributed by atoms with Crippen molar-refractivity contribution in [2.45, 2.75) is 64.0 Å². The maximum Gasteiger partial charge on any atom is 0.500 e. The van der Waals surface area contributed by atoms with Gasteiger partial charge >= 0.3 is 14.8 Å². The predicted octanol–water partition coefficient (Wildman–Crippen LogP) is 3.89. The first-order chi connectivity index (χ1) is 11.4. The Hall–Kier alpha value is -0.0831. The van der Waals surface area contributed by atoms with Gasteiger partial charge in [0.05, 0.1) is 6.42 Å². The van der Waals surface area contributed by atoms with Gasteiger partial charge in [-0.25, -0.2) is 0 Å². The van der Waals surface area contributed by atoms with Gasteiger partial charge in [-0.15, -0.1) is 0 Å². The first kappa shape index (κ1) is 22.0. The molecule has 0 spiro atoms. The molecule has 1 aliphatic carbocycles. The van der Waals surface area contributed by atoms with Crippen LogP contribution in [0, 0.1) is 5.92 Å². The zero-order valence-electron chi connectivity index (χ0n) is 15.9. The normalized spacial score (nSPS) is 17.4. The van der Waals surface area contributed by atoms with Crippen LogP contribution in [0.5, 0.6) is 0 Å². The van der Waals surface area contributed by atoms with Gasteiger partial charge in [0.1, 0.15) is 5.60 Å². The average Bonchev–Trinajstić information content (AvgIpc) is 3.05. The molecule has 0 heterocycles. The third-order valence-corrected chi connectivity index (χ3v) is 8.88. The van der Waals surface area contributed by atoms with Gasteiger partial charge in [-0.2, -0.15) is 11.8 Å². The molecule has 0 amide bonds. The average molecular weight is 379 g/mol. The molecule has 142 valence electrons. The van der Waals surface area contributed by atoms with Crippen LogP contribution in [0.15, 0.2) is 0 Å². The van der Waals surface area contributed by atoms with E-state index in [1.807, 2.05) is 0 Å². The van der Waals surface area contributed by atoms with Crippen LogP contribution in [-0.2, 0) is 22.8 Å². The molecule has 1 fully saturated rings. The Morgan fingerprint density at radius 3 is 2.17 bits per heavy atom. The van der Waals surface area contributed by atoms with Crippen LogP contribution in [0.3, 0.4) is 0 Å². The molecule has 7 heteroatoms. The van der Waals surface area contributed by atoms with E-state index in [9.17, 15) is 4.79 Å². The molecule has 0 saturated heterocycles. The summed E-state index contributed by atoms with van der Waals surface area (Å²) in [4.78, 5) is 12.2. The summed E-state index contributed by atoms with van der Waals surface area (Å²) in [6, 6.07) is 0.796. The Labute approximate surface area is 152 Å². The molecule has 24 heavy (non-hydrogen) atoms. The van der Waals surface area contributed by atoms with Crippen molar-refractivity contribution >= 4 is 26.5 Å². The smallest absolute Gasteiger partial charge is 0.459 e. The van der Waals surface area contributed by atoms with Crippen molar-refractivity contribution in [2.24, 2.45) is 5.92 Å². The monoisotopic (exact) mass is 378 g/mol. The van der Waals surface area contributed by atoms with E-state index in [2.05, 4.69) is 13.8 Å². The van der Waals surface area contributed by atoms with Crippen LogP contribution in [0.25, 0.3) is 0 Å². The van der Waals surface area contributed by atoms with E-state index < -0.39 is 8.80 Å². The zero-order chi connectivity index (χ0) is 18.1. The van der Waals surface area contributed by atoms with Crippen molar-refractivity contribution in [2.75, 3.05) is 32.8 Å². The van der Waals surface area contributed by atoms with E-state index >= 15 is 0 Å².